The van der Waals surface area contributed by atoms with Crippen LogP contribution in [0.5, 0.6) is 0 Å². The molecule has 2 rings (SSSR count). The molecule has 0 aliphatic rings. The van der Waals surface area contributed by atoms with Crippen LogP contribution in [0.15, 0.2) is 60.7 Å². The molecule has 0 aliphatic carbocycles. The van der Waals surface area contributed by atoms with Crippen LogP contribution in [0.4, 0.5) is 0 Å². The zero-order chi connectivity index (χ0) is 18.1. The predicted molar refractivity (Wildman–Crippen MR) is 116 cm³/mol. The second-order valence-electron chi connectivity index (χ2n) is 5.46. The zero-order valence-electron chi connectivity index (χ0n) is 14.8. The molecule has 0 aliphatic heterocycles. The first-order chi connectivity index (χ1) is 12.1. The third-order valence-corrected chi connectivity index (χ3v) is 11.4. The predicted octanol–water partition coefficient (Wildman–Crippen LogP) is 6.18. The molecule has 2 atom stereocenters. The van der Waals surface area contributed by atoms with Gasteiger partial charge in [0.15, 0.2) is 0 Å². The Labute approximate surface area is 174 Å². The second-order valence-corrected chi connectivity index (χ2v) is 12.7. The van der Waals surface area contributed by atoms with Gasteiger partial charge in [0.2, 0.25) is 0 Å². The van der Waals surface area contributed by atoms with Crippen molar-refractivity contribution in [1.29, 1.82) is 0 Å². The second kappa shape index (κ2) is 11.9. The molecule has 2 aromatic rings. The van der Waals surface area contributed by atoms with E-state index in [1.165, 1.54) is 11.1 Å². The summed E-state index contributed by atoms with van der Waals surface area (Å²) in [6, 6.07) is 21.6. The van der Waals surface area contributed by atoms with Crippen LogP contribution < -0.4 is 0 Å². The van der Waals surface area contributed by atoms with Crippen molar-refractivity contribution in [3.05, 3.63) is 71.8 Å². The van der Waals surface area contributed by atoms with E-state index < -0.39 is 0 Å². The molecule has 0 amide bonds. The number of hydrogen-bond donors (Lipinski definition) is 0. The van der Waals surface area contributed by atoms with Gasteiger partial charge in [0, 0.05) is 0 Å². The number of nitrogens with zero attached hydrogens (tertiary/aromatic N) is 2. The van der Waals surface area contributed by atoms with Crippen molar-refractivity contribution in [3.8, 4) is 0 Å². The maximum atomic E-state index is 2.23. The molecular weight excluding hydrogens is 431 g/mol. The Hall–Kier alpha value is 0.254. The van der Waals surface area contributed by atoms with Crippen LogP contribution in [0.3, 0.4) is 0 Å². The monoisotopic (exact) mass is 454 g/mol. The average Bonchev–Trinajstić information content (AvgIpc) is 2.62. The van der Waals surface area contributed by atoms with Crippen molar-refractivity contribution < 1.29 is 14.4 Å². The molecule has 0 spiro atoms. The summed E-state index contributed by atoms with van der Waals surface area (Å²) < 4.78 is 5.09. The topological polar surface area (TPSA) is 6.48 Å². The molecule has 0 N–H and O–H groups in total. The van der Waals surface area contributed by atoms with Crippen molar-refractivity contribution >= 4 is 43.5 Å². The Morgan fingerprint density at radius 3 is 1.32 bits per heavy atom. The van der Waals surface area contributed by atoms with Crippen molar-refractivity contribution in [2.75, 3.05) is 28.2 Å². The van der Waals surface area contributed by atoms with Gasteiger partial charge in [-0.1, -0.05) is 0 Å². The molecule has 0 aromatic heterocycles. The van der Waals surface area contributed by atoms with Crippen LogP contribution in [0.1, 0.15) is 19.6 Å². The van der Waals surface area contributed by atoms with E-state index in [-0.39, 0.29) is 0 Å². The fourth-order valence-electron chi connectivity index (χ4n) is 1.78. The first-order valence-corrected chi connectivity index (χ1v) is 13.2. The maximum absolute atomic E-state index is 2.23. The molecule has 2 aromatic carbocycles. The summed E-state index contributed by atoms with van der Waals surface area (Å²) >= 11 is 1.78. The number of hydrogen-bond acceptors (Lipinski definition) is 6. The van der Waals surface area contributed by atoms with Gasteiger partial charge in [-0.05, 0) is 0 Å². The number of rotatable bonds is 10. The molecule has 2 unspecified atom stereocenters. The summed E-state index contributed by atoms with van der Waals surface area (Å²) in [4.78, 5) is 0. The summed E-state index contributed by atoms with van der Waals surface area (Å²) in [5.74, 6) is 0. The third kappa shape index (κ3) is 8.21. The van der Waals surface area contributed by atoms with E-state index in [9.17, 15) is 0 Å². The van der Waals surface area contributed by atoms with Crippen molar-refractivity contribution in [2.45, 2.75) is 8.44 Å². The van der Waals surface area contributed by atoms with Gasteiger partial charge in [-0.2, -0.15) is 0 Å². The van der Waals surface area contributed by atoms with E-state index in [1.54, 1.807) is 36.4 Å². The van der Waals surface area contributed by atoms with Gasteiger partial charge in [0.05, 0.1) is 0 Å². The summed E-state index contributed by atoms with van der Waals surface area (Å²) in [6.45, 7) is 0. The minimum absolute atomic E-state index is 0.390. The molecule has 25 heavy (non-hydrogen) atoms. The van der Waals surface area contributed by atoms with Gasteiger partial charge in [-0.25, -0.2) is 0 Å². The van der Waals surface area contributed by atoms with E-state index in [4.69, 9.17) is 0 Å². The van der Waals surface area contributed by atoms with Crippen molar-refractivity contribution in [2.24, 2.45) is 0 Å². The van der Waals surface area contributed by atoms with E-state index in [0.717, 1.165) is 0 Å². The Morgan fingerprint density at radius 2 is 1.00 bits per heavy atom. The zero-order valence-corrected chi connectivity index (χ0v) is 19.0. The van der Waals surface area contributed by atoms with Crippen LogP contribution in [-0.2, 0) is 14.4 Å². The van der Waals surface area contributed by atoms with Gasteiger partial charge in [0.1, 0.15) is 0 Å². The molecule has 0 heterocycles. The Balaban J connectivity index is 2.17. The van der Waals surface area contributed by atoms with Crippen molar-refractivity contribution in [3.63, 3.8) is 0 Å². The molecule has 0 saturated heterocycles. The third-order valence-electron chi connectivity index (χ3n) is 2.81. The normalized spacial score (nSPS) is 14.2. The van der Waals surface area contributed by atoms with Crippen LogP contribution in [0, 0.1) is 0 Å². The van der Waals surface area contributed by atoms with Crippen LogP contribution in [0.2, 0.25) is 0 Å². The number of benzene rings is 2. The molecule has 0 saturated carbocycles. The Morgan fingerprint density at radius 1 is 0.640 bits per heavy atom. The summed E-state index contributed by atoms with van der Waals surface area (Å²) in [5, 5.41) is 0. The average molecular weight is 455 g/mol. The minimum atomic E-state index is 0.390. The first-order valence-electron chi connectivity index (χ1n) is 7.72. The SMILES string of the molecule is CN(C)SS[CH]([Ni][CH](SSN(C)C)c1ccccc1)c1ccccc1. The van der Waals surface area contributed by atoms with Gasteiger partial charge in [0.25, 0.3) is 0 Å². The van der Waals surface area contributed by atoms with Crippen molar-refractivity contribution in [1.82, 2.24) is 8.61 Å². The Bertz CT molecular complexity index is 545. The molecule has 0 bridgehead atoms. The van der Waals surface area contributed by atoms with E-state index in [0.29, 0.717) is 8.44 Å². The Kier molecular flexibility index (Phi) is 10.2. The molecule has 0 fully saturated rings. The fraction of sp³-hybridized carbons (Fsp3) is 0.333. The molecule has 0 radical (unpaired) electrons. The fourth-order valence-corrected chi connectivity index (χ4v) is 8.92. The quantitative estimate of drug-likeness (QED) is 0.238. The van der Waals surface area contributed by atoms with E-state index >= 15 is 0 Å². The van der Waals surface area contributed by atoms with E-state index in [2.05, 4.69) is 97.5 Å². The van der Waals surface area contributed by atoms with Crippen LogP contribution in [-0.4, -0.2) is 36.8 Å². The summed E-state index contributed by atoms with van der Waals surface area (Å²) in [5.41, 5.74) is 2.75. The van der Waals surface area contributed by atoms with Gasteiger partial charge >= 0.3 is 175 Å². The van der Waals surface area contributed by atoms with Crippen LogP contribution in [0.25, 0.3) is 0 Å². The molecule has 7 heteroatoms. The van der Waals surface area contributed by atoms with Gasteiger partial charge in [-0.3, -0.25) is 0 Å². The summed E-state index contributed by atoms with van der Waals surface area (Å²) in [7, 11) is 15.8. The standard InChI is InChI=1S/2C9H12NS2.Ni/c2*1-10(2)12-11-8-9-6-4-3-5-7-9;/h2*3-8H,1-2H3;. The molecule has 140 valence electrons. The van der Waals surface area contributed by atoms with Gasteiger partial charge in [-0.15, -0.1) is 0 Å². The first kappa shape index (κ1) is 21.6. The molecule has 2 nitrogen and oxygen atoms in total. The molecular formula is C18H24N2NiS4. The van der Waals surface area contributed by atoms with Crippen LogP contribution >= 0.6 is 43.5 Å². The van der Waals surface area contributed by atoms with E-state index in [1.807, 2.05) is 21.6 Å². The summed E-state index contributed by atoms with van der Waals surface area (Å²) in [6.07, 6.45) is 0. The van der Waals surface area contributed by atoms with Gasteiger partial charge < -0.3 is 0 Å².